The fourth-order valence-electron chi connectivity index (χ4n) is 4.10. The second-order valence-corrected chi connectivity index (χ2v) is 9.04. The SMILES string of the molecule is C[C@H]1CCc2c(sc3c2C(=O)N[C@H](c2ccc(OC(=O)c4ccccc4)cc2)N3)C1. The first-order valence-corrected chi connectivity index (χ1v) is 11.0. The van der Waals surface area contributed by atoms with E-state index in [9.17, 15) is 9.59 Å². The lowest BCUT2D eigenvalue weighted by Crippen LogP contribution is -2.38. The molecule has 5 nitrogen and oxygen atoms in total. The molecule has 30 heavy (non-hydrogen) atoms. The minimum Gasteiger partial charge on any atom is -0.423 e. The fraction of sp³-hybridized carbons (Fsp3) is 0.250. The molecule has 2 aromatic carbocycles. The third-order valence-corrected chi connectivity index (χ3v) is 6.91. The van der Waals surface area contributed by atoms with Gasteiger partial charge in [0.2, 0.25) is 0 Å². The van der Waals surface area contributed by atoms with Crippen LogP contribution in [0.15, 0.2) is 54.6 Å². The Morgan fingerprint density at radius 2 is 1.83 bits per heavy atom. The van der Waals surface area contributed by atoms with Crippen LogP contribution in [0, 0.1) is 5.92 Å². The predicted molar refractivity (Wildman–Crippen MR) is 117 cm³/mol. The molecule has 1 aromatic heterocycles. The third kappa shape index (κ3) is 3.48. The van der Waals surface area contributed by atoms with Crippen LogP contribution in [0.5, 0.6) is 5.75 Å². The van der Waals surface area contributed by atoms with Crippen LogP contribution in [0.4, 0.5) is 5.00 Å². The zero-order valence-corrected chi connectivity index (χ0v) is 17.4. The average Bonchev–Trinajstić information content (AvgIpc) is 3.12. The summed E-state index contributed by atoms with van der Waals surface area (Å²) < 4.78 is 5.44. The number of esters is 1. The van der Waals surface area contributed by atoms with Crippen molar-refractivity contribution in [3.63, 3.8) is 0 Å². The van der Waals surface area contributed by atoms with Crippen molar-refractivity contribution in [3.05, 3.63) is 81.7 Å². The van der Waals surface area contributed by atoms with E-state index in [1.807, 2.05) is 18.2 Å². The van der Waals surface area contributed by atoms with Gasteiger partial charge in [0.25, 0.3) is 5.91 Å². The molecule has 2 heterocycles. The minimum atomic E-state index is -0.393. The molecule has 5 rings (SSSR count). The zero-order valence-electron chi connectivity index (χ0n) is 16.6. The maximum atomic E-state index is 12.8. The second-order valence-electron chi connectivity index (χ2n) is 7.93. The summed E-state index contributed by atoms with van der Waals surface area (Å²) in [6.07, 6.45) is 2.86. The summed E-state index contributed by atoms with van der Waals surface area (Å²) >= 11 is 1.71. The van der Waals surface area contributed by atoms with E-state index >= 15 is 0 Å². The van der Waals surface area contributed by atoms with Gasteiger partial charge in [-0.3, -0.25) is 4.79 Å². The van der Waals surface area contributed by atoms with Crippen molar-refractivity contribution in [1.82, 2.24) is 5.32 Å². The van der Waals surface area contributed by atoms with E-state index in [-0.39, 0.29) is 12.1 Å². The van der Waals surface area contributed by atoms with Crippen LogP contribution in [-0.4, -0.2) is 11.9 Å². The van der Waals surface area contributed by atoms with Crippen LogP contribution in [0.3, 0.4) is 0 Å². The minimum absolute atomic E-state index is 0.0135. The highest BCUT2D eigenvalue weighted by Gasteiger charge is 2.33. The highest BCUT2D eigenvalue weighted by atomic mass is 32.1. The third-order valence-electron chi connectivity index (χ3n) is 5.72. The highest BCUT2D eigenvalue weighted by Crippen LogP contribution is 2.42. The molecular weight excluding hydrogens is 396 g/mol. The summed E-state index contributed by atoms with van der Waals surface area (Å²) in [5, 5.41) is 7.51. The Morgan fingerprint density at radius 1 is 1.07 bits per heavy atom. The molecule has 0 saturated heterocycles. The number of hydrogen-bond acceptors (Lipinski definition) is 5. The summed E-state index contributed by atoms with van der Waals surface area (Å²) in [5.41, 5.74) is 3.46. The van der Waals surface area contributed by atoms with Gasteiger partial charge in [-0.15, -0.1) is 11.3 Å². The standard InChI is InChI=1S/C24H22N2O3S/c1-14-7-12-18-19(13-14)30-23-20(18)22(27)25-21(26-23)15-8-10-17(11-9-15)29-24(28)16-5-3-2-4-6-16/h2-6,8-11,14,21,26H,7,12-13H2,1H3,(H,25,27)/t14-,21-/m0/s1. The molecule has 3 aromatic rings. The maximum absolute atomic E-state index is 12.8. The number of ether oxygens (including phenoxy) is 1. The van der Waals surface area contributed by atoms with Gasteiger partial charge in [-0.05, 0) is 60.6 Å². The van der Waals surface area contributed by atoms with Gasteiger partial charge in [-0.1, -0.05) is 37.3 Å². The molecule has 2 N–H and O–H groups in total. The number of hydrogen-bond donors (Lipinski definition) is 2. The number of nitrogens with one attached hydrogen (secondary N) is 2. The Bertz CT molecular complexity index is 1110. The number of carbonyl (C=O) groups is 2. The number of thiophene rings is 1. The Kier molecular flexibility index (Phi) is 4.79. The van der Waals surface area contributed by atoms with E-state index in [2.05, 4.69) is 17.6 Å². The Morgan fingerprint density at radius 3 is 2.60 bits per heavy atom. The molecule has 2 atom stereocenters. The van der Waals surface area contributed by atoms with Crippen LogP contribution in [0.25, 0.3) is 0 Å². The van der Waals surface area contributed by atoms with Gasteiger partial charge >= 0.3 is 5.97 Å². The van der Waals surface area contributed by atoms with Crippen LogP contribution in [0.2, 0.25) is 0 Å². The van der Waals surface area contributed by atoms with Crippen molar-refractivity contribution in [2.24, 2.45) is 5.92 Å². The van der Waals surface area contributed by atoms with E-state index in [0.717, 1.165) is 35.4 Å². The fourth-order valence-corrected chi connectivity index (χ4v) is 5.53. The van der Waals surface area contributed by atoms with E-state index in [4.69, 9.17) is 4.74 Å². The van der Waals surface area contributed by atoms with Crippen molar-refractivity contribution in [2.75, 3.05) is 5.32 Å². The molecule has 1 aliphatic carbocycles. The number of fused-ring (bicyclic) bond motifs is 3. The smallest absolute Gasteiger partial charge is 0.343 e. The van der Waals surface area contributed by atoms with Crippen LogP contribution in [-0.2, 0) is 12.8 Å². The monoisotopic (exact) mass is 418 g/mol. The number of carbonyl (C=O) groups excluding carboxylic acids is 2. The average molecular weight is 419 g/mol. The van der Waals surface area contributed by atoms with Crippen molar-refractivity contribution >= 4 is 28.2 Å². The lowest BCUT2D eigenvalue weighted by atomic mass is 9.88. The number of amides is 1. The maximum Gasteiger partial charge on any atom is 0.343 e. The molecule has 1 aliphatic heterocycles. The zero-order chi connectivity index (χ0) is 20.7. The first kappa shape index (κ1) is 18.9. The molecule has 0 fully saturated rings. The summed E-state index contributed by atoms with van der Waals surface area (Å²) in [7, 11) is 0. The first-order chi connectivity index (χ1) is 14.6. The topological polar surface area (TPSA) is 67.4 Å². The first-order valence-electron chi connectivity index (χ1n) is 10.2. The van der Waals surface area contributed by atoms with Crippen molar-refractivity contribution in [1.29, 1.82) is 0 Å². The molecule has 152 valence electrons. The highest BCUT2D eigenvalue weighted by molar-refractivity contribution is 7.16. The molecule has 1 amide bonds. The van der Waals surface area contributed by atoms with Crippen LogP contribution >= 0.6 is 11.3 Å². The largest absolute Gasteiger partial charge is 0.423 e. The quantitative estimate of drug-likeness (QED) is 0.467. The lowest BCUT2D eigenvalue weighted by molar-refractivity contribution is 0.0734. The predicted octanol–water partition coefficient (Wildman–Crippen LogP) is 4.95. The van der Waals surface area contributed by atoms with Gasteiger partial charge < -0.3 is 15.4 Å². The van der Waals surface area contributed by atoms with Gasteiger partial charge in [0.05, 0.1) is 11.1 Å². The molecule has 0 spiro atoms. The van der Waals surface area contributed by atoms with Crippen molar-refractivity contribution in [2.45, 2.75) is 32.4 Å². The molecular formula is C24H22N2O3S. The van der Waals surface area contributed by atoms with E-state index < -0.39 is 5.97 Å². The van der Waals surface area contributed by atoms with Gasteiger partial charge in [0, 0.05) is 4.88 Å². The van der Waals surface area contributed by atoms with Crippen molar-refractivity contribution < 1.29 is 14.3 Å². The second kappa shape index (κ2) is 7.61. The van der Waals surface area contributed by atoms with Gasteiger partial charge in [-0.25, -0.2) is 4.79 Å². The molecule has 0 bridgehead atoms. The van der Waals surface area contributed by atoms with E-state index in [0.29, 0.717) is 17.2 Å². The number of anilines is 1. The Labute approximate surface area is 179 Å². The Balaban J connectivity index is 1.32. The van der Waals surface area contributed by atoms with E-state index in [1.165, 1.54) is 10.4 Å². The van der Waals surface area contributed by atoms with Gasteiger partial charge in [0.1, 0.15) is 16.9 Å². The van der Waals surface area contributed by atoms with Crippen molar-refractivity contribution in [3.8, 4) is 5.75 Å². The number of rotatable bonds is 3. The van der Waals surface area contributed by atoms with Gasteiger partial charge in [0.15, 0.2) is 0 Å². The van der Waals surface area contributed by atoms with Gasteiger partial charge in [-0.2, -0.15) is 0 Å². The number of benzene rings is 2. The molecule has 0 saturated carbocycles. The molecule has 0 unspecified atom stereocenters. The van der Waals surface area contributed by atoms with E-state index in [1.54, 1.807) is 47.7 Å². The molecule has 2 aliphatic rings. The lowest BCUT2D eigenvalue weighted by Gasteiger charge is -2.27. The normalized spacial score (nSPS) is 19.8. The summed E-state index contributed by atoms with van der Waals surface area (Å²) in [4.78, 5) is 26.4. The summed E-state index contributed by atoms with van der Waals surface area (Å²) in [6.45, 7) is 2.27. The summed E-state index contributed by atoms with van der Waals surface area (Å²) in [5.74, 6) is 0.731. The Hall–Kier alpha value is -3.12. The van der Waals surface area contributed by atoms with Crippen LogP contribution in [0.1, 0.15) is 56.2 Å². The molecule has 6 heteroatoms. The molecule has 0 radical (unpaired) electrons. The summed E-state index contributed by atoms with van der Waals surface area (Å²) in [6, 6.07) is 16.1. The van der Waals surface area contributed by atoms with Crippen LogP contribution < -0.4 is 15.4 Å².